The second kappa shape index (κ2) is 10.7. The Balaban J connectivity index is 1.54. The molecule has 0 aliphatic carbocycles. The van der Waals surface area contributed by atoms with Crippen molar-refractivity contribution in [3.63, 3.8) is 0 Å². The van der Waals surface area contributed by atoms with E-state index >= 15 is 0 Å². The number of nitrogens with zero attached hydrogens (tertiary/aromatic N) is 1. The molecule has 3 N–H and O–H groups in total. The molecule has 10 heteroatoms. The van der Waals surface area contributed by atoms with Crippen molar-refractivity contribution in [2.75, 3.05) is 19.0 Å². The van der Waals surface area contributed by atoms with Crippen LogP contribution in [0.3, 0.4) is 0 Å². The van der Waals surface area contributed by atoms with Gasteiger partial charge in [0.1, 0.15) is 11.5 Å². The van der Waals surface area contributed by atoms with E-state index in [1.165, 1.54) is 19.6 Å². The Morgan fingerprint density at radius 1 is 1.11 bits per heavy atom. The molecule has 1 aromatic heterocycles. The summed E-state index contributed by atoms with van der Waals surface area (Å²) in [5.41, 5.74) is 1.09. The molecule has 0 saturated carbocycles. The molecule has 0 aliphatic rings. The first-order valence-corrected chi connectivity index (χ1v) is 10.8. The summed E-state index contributed by atoms with van der Waals surface area (Å²) >= 11 is 0. The van der Waals surface area contributed by atoms with Crippen LogP contribution in [0, 0.1) is 6.92 Å². The summed E-state index contributed by atoms with van der Waals surface area (Å²) in [6.07, 6.45) is 3.25. The molecule has 0 radical (unpaired) electrons. The van der Waals surface area contributed by atoms with Gasteiger partial charge in [-0.25, -0.2) is 9.78 Å². The van der Waals surface area contributed by atoms with Crippen LogP contribution in [0.1, 0.15) is 36.2 Å². The Hall–Kier alpha value is -4.34. The number of rotatable bonds is 9. The van der Waals surface area contributed by atoms with Gasteiger partial charge < -0.3 is 29.6 Å². The minimum Gasteiger partial charge on any atom is -0.496 e. The van der Waals surface area contributed by atoms with Crippen molar-refractivity contribution < 1.29 is 33.4 Å². The van der Waals surface area contributed by atoms with Crippen molar-refractivity contribution in [1.29, 1.82) is 0 Å². The van der Waals surface area contributed by atoms with Crippen LogP contribution >= 0.6 is 0 Å². The highest BCUT2D eigenvalue weighted by atomic mass is 16.5. The lowest BCUT2D eigenvalue weighted by molar-refractivity contribution is -0.137. The Morgan fingerprint density at radius 2 is 1.89 bits per heavy atom. The first-order valence-electron chi connectivity index (χ1n) is 10.8. The molecule has 0 aliphatic heterocycles. The Bertz CT molecular complexity index is 1220. The molecule has 2 amide bonds. The predicted molar refractivity (Wildman–Crippen MR) is 128 cm³/mol. The third kappa shape index (κ3) is 6.59. The third-order valence-electron chi connectivity index (χ3n) is 5.24. The lowest BCUT2D eigenvalue weighted by Crippen LogP contribution is -2.48. The molecule has 184 valence electrons. The van der Waals surface area contributed by atoms with Crippen molar-refractivity contribution in [3.05, 3.63) is 60.1 Å². The van der Waals surface area contributed by atoms with Crippen LogP contribution in [0.25, 0.3) is 11.3 Å². The van der Waals surface area contributed by atoms with Crippen LogP contribution in [0.2, 0.25) is 0 Å². The summed E-state index contributed by atoms with van der Waals surface area (Å²) < 4.78 is 16.3. The molecule has 0 unspecified atom stereocenters. The normalized spacial score (nSPS) is 11.0. The third-order valence-corrected chi connectivity index (χ3v) is 5.24. The molecular weight excluding hydrogens is 454 g/mol. The van der Waals surface area contributed by atoms with Gasteiger partial charge in [0.2, 0.25) is 0 Å². The lowest BCUT2D eigenvalue weighted by atomic mass is 10.0. The van der Waals surface area contributed by atoms with E-state index < -0.39 is 23.3 Å². The molecule has 3 rings (SSSR count). The Labute approximate surface area is 202 Å². The van der Waals surface area contributed by atoms with Crippen LogP contribution < -0.4 is 20.1 Å². The maximum absolute atomic E-state index is 12.5. The number of methoxy groups -OCH3 is 1. The standard InChI is InChI=1S/C25H27N3O7/c1-15-11-17(6-8-18(15)24(31)32)34-10-9-25(2,3)28-23(30)22(29)27-16-5-7-19(20(12-16)33-4)21-13-26-14-35-21/h5-8,11-14H,9-10H2,1-4H3,(H,27,29)(H,28,30)(H,31,32). The lowest BCUT2D eigenvalue weighted by Gasteiger charge is -2.26. The number of carbonyl (C=O) groups is 3. The van der Waals surface area contributed by atoms with E-state index in [-0.39, 0.29) is 12.2 Å². The molecule has 2 aromatic carbocycles. The maximum Gasteiger partial charge on any atom is 0.335 e. The number of aromatic nitrogens is 1. The molecular formula is C25H27N3O7. The number of carbonyl (C=O) groups excluding carboxylic acids is 2. The number of aromatic carboxylic acids is 1. The van der Waals surface area contributed by atoms with E-state index in [9.17, 15) is 14.4 Å². The number of hydrogen-bond donors (Lipinski definition) is 3. The highest BCUT2D eigenvalue weighted by Gasteiger charge is 2.25. The second-order valence-corrected chi connectivity index (χ2v) is 8.45. The predicted octanol–water partition coefficient (Wildman–Crippen LogP) is 3.66. The zero-order valence-electron chi connectivity index (χ0n) is 19.9. The Kier molecular flexibility index (Phi) is 7.75. The Morgan fingerprint density at radius 3 is 2.51 bits per heavy atom. The van der Waals surface area contributed by atoms with E-state index in [2.05, 4.69) is 15.6 Å². The van der Waals surface area contributed by atoms with E-state index in [0.29, 0.717) is 40.5 Å². The van der Waals surface area contributed by atoms with Gasteiger partial charge in [0.15, 0.2) is 12.2 Å². The van der Waals surface area contributed by atoms with Gasteiger partial charge in [-0.3, -0.25) is 9.59 Å². The van der Waals surface area contributed by atoms with Gasteiger partial charge >= 0.3 is 17.8 Å². The largest absolute Gasteiger partial charge is 0.496 e. The highest BCUT2D eigenvalue weighted by Crippen LogP contribution is 2.32. The van der Waals surface area contributed by atoms with Crippen molar-refractivity contribution >= 4 is 23.5 Å². The number of aryl methyl sites for hydroxylation is 1. The fourth-order valence-corrected chi connectivity index (χ4v) is 3.33. The average molecular weight is 482 g/mol. The SMILES string of the molecule is COc1cc(NC(=O)C(=O)NC(C)(C)CCOc2ccc(C(=O)O)c(C)c2)ccc1-c1cnco1. The van der Waals surface area contributed by atoms with Crippen molar-refractivity contribution in [2.24, 2.45) is 0 Å². The van der Waals surface area contributed by atoms with E-state index in [1.54, 1.807) is 57.3 Å². The second-order valence-electron chi connectivity index (χ2n) is 8.45. The number of carboxylic acid groups (broad SMARTS) is 1. The molecule has 0 fully saturated rings. The number of carboxylic acids is 1. The van der Waals surface area contributed by atoms with Crippen molar-refractivity contribution in [1.82, 2.24) is 10.3 Å². The molecule has 1 heterocycles. The van der Waals surface area contributed by atoms with Crippen molar-refractivity contribution in [3.8, 4) is 22.8 Å². The van der Waals surface area contributed by atoms with Crippen LogP contribution in [0.4, 0.5) is 5.69 Å². The summed E-state index contributed by atoms with van der Waals surface area (Å²) in [5, 5.41) is 14.4. The molecule has 0 atom stereocenters. The van der Waals surface area contributed by atoms with Crippen LogP contribution in [-0.2, 0) is 9.59 Å². The number of nitrogens with one attached hydrogen (secondary N) is 2. The number of benzene rings is 2. The van der Waals surface area contributed by atoms with Crippen LogP contribution in [0.15, 0.2) is 53.4 Å². The van der Waals surface area contributed by atoms with Crippen LogP contribution in [0.5, 0.6) is 11.5 Å². The molecule has 35 heavy (non-hydrogen) atoms. The fourth-order valence-electron chi connectivity index (χ4n) is 3.33. The van der Waals surface area contributed by atoms with Gasteiger partial charge in [-0.1, -0.05) is 0 Å². The fraction of sp³-hybridized carbons (Fsp3) is 0.280. The number of hydrogen-bond acceptors (Lipinski definition) is 7. The number of ether oxygens (including phenoxy) is 2. The summed E-state index contributed by atoms with van der Waals surface area (Å²) in [6.45, 7) is 5.49. The van der Waals surface area contributed by atoms with E-state index in [1.807, 2.05) is 0 Å². The van der Waals surface area contributed by atoms with Gasteiger partial charge in [0, 0.05) is 23.7 Å². The highest BCUT2D eigenvalue weighted by molar-refractivity contribution is 6.39. The molecule has 0 saturated heterocycles. The summed E-state index contributed by atoms with van der Waals surface area (Å²) in [6, 6.07) is 9.61. The van der Waals surface area contributed by atoms with Gasteiger partial charge in [0.25, 0.3) is 0 Å². The van der Waals surface area contributed by atoms with Crippen LogP contribution in [-0.4, -0.2) is 47.1 Å². The molecule has 0 spiro atoms. The van der Waals surface area contributed by atoms with Gasteiger partial charge in [0.05, 0.1) is 31.0 Å². The zero-order valence-corrected chi connectivity index (χ0v) is 19.9. The topological polar surface area (TPSA) is 140 Å². The number of amides is 2. The van der Waals surface area contributed by atoms with Gasteiger partial charge in [-0.15, -0.1) is 0 Å². The molecule has 10 nitrogen and oxygen atoms in total. The summed E-state index contributed by atoms with van der Waals surface area (Å²) in [4.78, 5) is 39.9. The number of oxazole rings is 1. The molecule has 0 bridgehead atoms. The molecule has 3 aromatic rings. The smallest absolute Gasteiger partial charge is 0.335 e. The summed E-state index contributed by atoms with van der Waals surface area (Å²) in [7, 11) is 1.49. The maximum atomic E-state index is 12.5. The minimum atomic E-state index is -1.000. The summed E-state index contributed by atoms with van der Waals surface area (Å²) in [5.74, 6) is -1.14. The minimum absolute atomic E-state index is 0.209. The van der Waals surface area contributed by atoms with Gasteiger partial charge in [-0.2, -0.15) is 0 Å². The van der Waals surface area contributed by atoms with Gasteiger partial charge in [-0.05, 0) is 56.7 Å². The quantitative estimate of drug-likeness (QED) is 0.394. The van der Waals surface area contributed by atoms with E-state index in [0.717, 1.165) is 0 Å². The zero-order chi connectivity index (χ0) is 25.6. The average Bonchev–Trinajstić information content (AvgIpc) is 3.33. The first kappa shape index (κ1) is 25.3. The number of anilines is 1. The monoisotopic (exact) mass is 481 g/mol. The van der Waals surface area contributed by atoms with Crippen molar-refractivity contribution in [2.45, 2.75) is 32.7 Å². The van der Waals surface area contributed by atoms with E-state index in [4.69, 9.17) is 19.0 Å². The first-order chi connectivity index (χ1) is 16.6.